The second-order valence-corrected chi connectivity index (χ2v) is 5.86. The van der Waals surface area contributed by atoms with Crippen LogP contribution in [0.15, 0.2) is 64.2 Å². The molecule has 0 saturated carbocycles. The van der Waals surface area contributed by atoms with Gasteiger partial charge in [-0.1, -0.05) is 42.1 Å². The van der Waals surface area contributed by atoms with Gasteiger partial charge in [0.1, 0.15) is 11.5 Å². The van der Waals surface area contributed by atoms with Crippen molar-refractivity contribution in [2.75, 3.05) is 19.0 Å². The number of ether oxygens (including phenoxy) is 2. The third kappa shape index (κ3) is 4.29. The van der Waals surface area contributed by atoms with Crippen molar-refractivity contribution in [2.45, 2.75) is 12.1 Å². The van der Waals surface area contributed by atoms with Crippen molar-refractivity contribution in [3.63, 3.8) is 0 Å². The van der Waals surface area contributed by atoms with Crippen LogP contribution in [0, 0.1) is 0 Å². The van der Waals surface area contributed by atoms with Crippen molar-refractivity contribution < 1.29 is 13.9 Å². The van der Waals surface area contributed by atoms with E-state index in [-0.39, 0.29) is 0 Å². The molecule has 3 rings (SSSR count). The lowest BCUT2D eigenvalue weighted by molar-refractivity contribution is 0.339. The minimum absolute atomic E-state index is 0.463. The molecule has 0 atom stereocenters. The summed E-state index contributed by atoms with van der Waals surface area (Å²) in [6, 6.07) is 17.4. The zero-order valence-electron chi connectivity index (χ0n) is 13.3. The first-order valence-electron chi connectivity index (χ1n) is 7.73. The van der Waals surface area contributed by atoms with Crippen LogP contribution in [-0.2, 0) is 0 Å². The Kier molecular flexibility index (Phi) is 5.74. The minimum atomic E-state index is 0.463. The molecule has 124 valence electrons. The van der Waals surface area contributed by atoms with Crippen LogP contribution in [0.2, 0.25) is 0 Å². The normalized spacial score (nSPS) is 10.5. The first kappa shape index (κ1) is 16.4. The summed E-state index contributed by atoms with van der Waals surface area (Å²) in [5.41, 5.74) is 0.805. The highest BCUT2D eigenvalue weighted by Crippen LogP contribution is 2.30. The number of aromatic nitrogens is 2. The van der Waals surface area contributed by atoms with Crippen molar-refractivity contribution in [3.8, 4) is 23.0 Å². The lowest BCUT2D eigenvalue weighted by atomic mass is 10.2. The van der Waals surface area contributed by atoms with Crippen LogP contribution in [-0.4, -0.2) is 29.2 Å². The van der Waals surface area contributed by atoms with Gasteiger partial charge in [-0.05, 0) is 31.2 Å². The Morgan fingerprint density at radius 1 is 0.958 bits per heavy atom. The Morgan fingerprint density at radius 3 is 2.58 bits per heavy atom. The fourth-order valence-corrected chi connectivity index (χ4v) is 2.68. The molecule has 0 amide bonds. The van der Waals surface area contributed by atoms with Gasteiger partial charge < -0.3 is 13.9 Å². The van der Waals surface area contributed by atoms with E-state index in [1.165, 1.54) is 11.8 Å². The van der Waals surface area contributed by atoms with E-state index in [4.69, 9.17) is 13.9 Å². The number of rotatable bonds is 8. The molecule has 0 N–H and O–H groups in total. The molecular formula is C18H18N2O3S. The molecule has 24 heavy (non-hydrogen) atoms. The molecule has 0 radical (unpaired) electrons. The van der Waals surface area contributed by atoms with E-state index in [1.54, 1.807) is 0 Å². The van der Waals surface area contributed by atoms with Gasteiger partial charge in [0.05, 0.1) is 18.8 Å². The van der Waals surface area contributed by atoms with Crippen LogP contribution in [0.3, 0.4) is 0 Å². The number of benzene rings is 2. The van der Waals surface area contributed by atoms with E-state index >= 15 is 0 Å². The lowest BCUT2D eigenvalue weighted by Gasteiger charge is -2.06. The maximum absolute atomic E-state index is 5.71. The molecule has 0 saturated heterocycles. The summed E-state index contributed by atoms with van der Waals surface area (Å²) in [6.07, 6.45) is 0. The van der Waals surface area contributed by atoms with Crippen LogP contribution < -0.4 is 9.47 Å². The number of hydrogen-bond acceptors (Lipinski definition) is 6. The molecule has 2 aromatic carbocycles. The van der Waals surface area contributed by atoms with Gasteiger partial charge >= 0.3 is 0 Å². The fraction of sp³-hybridized carbons (Fsp3) is 0.222. The quantitative estimate of drug-likeness (QED) is 0.449. The van der Waals surface area contributed by atoms with E-state index in [2.05, 4.69) is 10.2 Å². The molecule has 5 nitrogen and oxygen atoms in total. The van der Waals surface area contributed by atoms with Gasteiger partial charge in [-0.25, -0.2) is 0 Å². The summed E-state index contributed by atoms with van der Waals surface area (Å²) in [5.74, 6) is 2.79. The molecule has 6 heteroatoms. The first-order chi connectivity index (χ1) is 11.9. The van der Waals surface area contributed by atoms with Gasteiger partial charge in [-0.15, -0.1) is 10.2 Å². The Bertz CT molecular complexity index is 762. The summed E-state index contributed by atoms with van der Waals surface area (Å²) < 4.78 is 16.9. The van der Waals surface area contributed by atoms with Crippen molar-refractivity contribution in [1.82, 2.24) is 10.2 Å². The molecule has 1 heterocycles. The molecule has 0 aliphatic heterocycles. The largest absolute Gasteiger partial charge is 0.493 e. The van der Waals surface area contributed by atoms with Crippen molar-refractivity contribution in [2.24, 2.45) is 0 Å². The molecule has 0 bridgehead atoms. The van der Waals surface area contributed by atoms with Crippen LogP contribution >= 0.6 is 11.8 Å². The zero-order valence-corrected chi connectivity index (χ0v) is 14.2. The van der Waals surface area contributed by atoms with E-state index in [1.807, 2.05) is 61.5 Å². The predicted molar refractivity (Wildman–Crippen MR) is 93.6 cm³/mol. The molecule has 0 spiro atoms. The Labute approximate surface area is 145 Å². The highest BCUT2D eigenvalue weighted by Gasteiger charge is 2.13. The number of nitrogens with zero attached hydrogens (tertiary/aromatic N) is 2. The Hall–Kier alpha value is -2.47. The van der Waals surface area contributed by atoms with Crippen LogP contribution in [0.1, 0.15) is 6.92 Å². The summed E-state index contributed by atoms with van der Waals surface area (Å²) in [7, 11) is 0. The predicted octanol–water partition coefficient (Wildman–Crippen LogP) is 4.31. The Balaban J connectivity index is 1.56. The lowest BCUT2D eigenvalue weighted by Crippen LogP contribution is -1.99. The summed E-state index contributed by atoms with van der Waals surface area (Å²) in [6.45, 7) is 3.10. The third-order valence-corrected chi connectivity index (χ3v) is 3.93. The van der Waals surface area contributed by atoms with E-state index in [9.17, 15) is 0 Å². The molecule has 0 aliphatic carbocycles. The third-order valence-electron chi connectivity index (χ3n) is 3.14. The SMILES string of the molecule is CCOc1ccccc1-c1nnc(SCCOc2ccccc2)o1. The van der Waals surface area contributed by atoms with Gasteiger partial charge in [0.15, 0.2) is 0 Å². The molecule has 1 aromatic heterocycles. The maximum Gasteiger partial charge on any atom is 0.276 e. The molecule has 0 unspecified atom stereocenters. The molecule has 0 fully saturated rings. The van der Waals surface area contributed by atoms with Gasteiger partial charge in [-0.2, -0.15) is 0 Å². The molecule has 3 aromatic rings. The minimum Gasteiger partial charge on any atom is -0.493 e. The van der Waals surface area contributed by atoms with Gasteiger partial charge in [0.25, 0.3) is 11.1 Å². The van der Waals surface area contributed by atoms with Gasteiger partial charge in [-0.3, -0.25) is 0 Å². The van der Waals surface area contributed by atoms with Crippen LogP contribution in [0.4, 0.5) is 0 Å². The van der Waals surface area contributed by atoms with Crippen LogP contribution in [0.25, 0.3) is 11.5 Å². The number of para-hydroxylation sites is 2. The summed E-state index contributed by atoms with van der Waals surface area (Å²) >= 11 is 1.47. The average molecular weight is 342 g/mol. The average Bonchev–Trinajstić information content (AvgIpc) is 3.09. The second-order valence-electron chi connectivity index (χ2n) is 4.81. The van der Waals surface area contributed by atoms with Gasteiger partial charge in [0.2, 0.25) is 0 Å². The second kappa shape index (κ2) is 8.40. The monoisotopic (exact) mass is 342 g/mol. The topological polar surface area (TPSA) is 57.4 Å². The fourth-order valence-electron chi connectivity index (χ4n) is 2.11. The summed E-state index contributed by atoms with van der Waals surface area (Å²) in [5, 5.41) is 8.70. The standard InChI is InChI=1S/C18H18N2O3S/c1-2-21-16-11-7-6-10-15(16)17-19-20-18(23-17)24-13-12-22-14-8-4-3-5-9-14/h3-11H,2,12-13H2,1H3. The van der Waals surface area contributed by atoms with Crippen molar-refractivity contribution in [1.29, 1.82) is 0 Å². The zero-order chi connectivity index (χ0) is 16.6. The van der Waals surface area contributed by atoms with E-state index in [0.29, 0.717) is 24.3 Å². The van der Waals surface area contributed by atoms with Crippen LogP contribution in [0.5, 0.6) is 11.5 Å². The number of hydrogen-bond donors (Lipinski definition) is 0. The first-order valence-corrected chi connectivity index (χ1v) is 8.71. The van der Waals surface area contributed by atoms with Crippen molar-refractivity contribution >= 4 is 11.8 Å². The van der Waals surface area contributed by atoms with Crippen molar-refractivity contribution in [3.05, 3.63) is 54.6 Å². The number of thioether (sulfide) groups is 1. The molecule has 0 aliphatic rings. The Morgan fingerprint density at radius 2 is 1.75 bits per heavy atom. The van der Waals surface area contributed by atoms with E-state index in [0.717, 1.165) is 22.8 Å². The van der Waals surface area contributed by atoms with E-state index < -0.39 is 0 Å². The highest BCUT2D eigenvalue weighted by atomic mass is 32.2. The maximum atomic E-state index is 5.71. The highest BCUT2D eigenvalue weighted by molar-refractivity contribution is 7.99. The summed E-state index contributed by atoms with van der Waals surface area (Å²) in [4.78, 5) is 0. The van der Waals surface area contributed by atoms with Gasteiger partial charge in [0, 0.05) is 5.75 Å². The smallest absolute Gasteiger partial charge is 0.276 e. The molecular weight excluding hydrogens is 324 g/mol.